The Morgan fingerprint density at radius 3 is 2.04 bits per heavy atom. The van der Waals surface area contributed by atoms with E-state index in [4.69, 9.17) is 0 Å². The van der Waals surface area contributed by atoms with E-state index in [1.807, 2.05) is 36.4 Å². The molecule has 5 rings (SSSR count). The molecule has 0 spiro atoms. The van der Waals surface area contributed by atoms with Crippen molar-refractivity contribution in [2.24, 2.45) is 11.8 Å². The number of aromatic nitrogens is 3. The lowest BCUT2D eigenvalue weighted by Gasteiger charge is -2.28. The van der Waals surface area contributed by atoms with E-state index in [-0.39, 0.29) is 5.75 Å². The minimum Gasteiger partial charge on any atom is -0.354 e. The maximum Gasteiger partial charge on any atom is 0.229 e. The van der Waals surface area contributed by atoms with Crippen LogP contribution in [-0.4, -0.2) is 47.8 Å². The Bertz CT molecular complexity index is 1400. The highest BCUT2D eigenvalue weighted by atomic mass is 32.2. The number of nitrogens with zero attached hydrogens (tertiary/aromatic N) is 3. The molecule has 0 saturated heterocycles. The molecule has 256 valence electrons. The molecule has 1 heterocycles. The Labute approximate surface area is 279 Å². The smallest absolute Gasteiger partial charge is 0.229 e. The van der Waals surface area contributed by atoms with Gasteiger partial charge in [-0.05, 0) is 75.7 Å². The lowest BCUT2D eigenvalue weighted by atomic mass is 9.81. The highest BCUT2D eigenvalue weighted by molar-refractivity contribution is 7.91. The summed E-state index contributed by atoms with van der Waals surface area (Å²) in [4.78, 5) is 14.1. The van der Waals surface area contributed by atoms with E-state index in [9.17, 15) is 8.42 Å². The number of fused-ring (bicyclic) bond motifs is 1. The van der Waals surface area contributed by atoms with Gasteiger partial charge in [0.15, 0.2) is 9.84 Å². The van der Waals surface area contributed by atoms with Gasteiger partial charge in [0, 0.05) is 24.0 Å². The first-order chi connectivity index (χ1) is 22.2. The lowest BCUT2D eigenvalue weighted by molar-refractivity contribution is 0.278. The molecule has 46 heavy (non-hydrogen) atoms. The second-order valence-electron chi connectivity index (χ2n) is 13.3. The van der Waals surface area contributed by atoms with Crippen LogP contribution in [0.4, 0.5) is 17.8 Å². The van der Waals surface area contributed by atoms with Crippen LogP contribution in [0.15, 0.2) is 47.4 Å². The molecular weight excluding hydrogens is 593 g/mol. The van der Waals surface area contributed by atoms with Crippen LogP contribution in [0.2, 0.25) is 0 Å². The van der Waals surface area contributed by atoms with Gasteiger partial charge in [-0.25, -0.2) is 8.42 Å². The Kier molecular flexibility index (Phi) is 16.0. The van der Waals surface area contributed by atoms with Gasteiger partial charge in [-0.3, -0.25) is 0 Å². The highest BCUT2D eigenvalue weighted by Crippen LogP contribution is 2.31. The molecule has 3 aromatic rings. The first kappa shape index (κ1) is 37.5. The molecule has 0 aliphatic heterocycles. The topological polar surface area (TPSA) is 109 Å². The van der Waals surface area contributed by atoms with Crippen LogP contribution in [0.5, 0.6) is 0 Å². The van der Waals surface area contributed by atoms with E-state index in [0.717, 1.165) is 48.4 Å². The van der Waals surface area contributed by atoms with Crippen LogP contribution >= 0.6 is 0 Å². The molecule has 0 radical (unpaired) electrons. The van der Waals surface area contributed by atoms with Crippen molar-refractivity contribution in [2.75, 3.05) is 28.2 Å². The normalized spacial score (nSPS) is 18.1. The monoisotopic (exact) mass is 652 g/mol. The molecule has 2 fully saturated rings. The lowest BCUT2D eigenvalue weighted by Crippen LogP contribution is -2.29. The molecule has 0 amide bonds. The van der Waals surface area contributed by atoms with Crippen molar-refractivity contribution in [1.82, 2.24) is 15.0 Å². The summed E-state index contributed by atoms with van der Waals surface area (Å²) in [6.07, 6.45) is 14.4. The van der Waals surface area contributed by atoms with Crippen molar-refractivity contribution in [1.29, 1.82) is 0 Å². The molecule has 0 unspecified atom stereocenters. The Balaban J connectivity index is 0.000000241. The average Bonchev–Trinajstić information content (AvgIpc) is 3.02. The maximum atomic E-state index is 12.3. The van der Waals surface area contributed by atoms with Gasteiger partial charge in [0.1, 0.15) is 0 Å². The number of anilines is 3. The Hall–Kier alpha value is -2.94. The van der Waals surface area contributed by atoms with Gasteiger partial charge in [-0.2, -0.15) is 15.0 Å². The third-order valence-corrected chi connectivity index (χ3v) is 10.5. The molecule has 3 N–H and O–H groups in total. The molecule has 0 atom stereocenters. The second-order valence-corrected chi connectivity index (χ2v) is 15.3. The zero-order valence-electron chi connectivity index (χ0n) is 29.3. The van der Waals surface area contributed by atoms with Gasteiger partial charge in [0.25, 0.3) is 0 Å². The first-order valence-electron chi connectivity index (χ1n) is 17.9. The third kappa shape index (κ3) is 12.3. The number of rotatable bonds is 13. The molecule has 8 nitrogen and oxygen atoms in total. The number of unbranched alkanes of at least 4 members (excludes halogenated alkanes) is 2. The van der Waals surface area contributed by atoms with Crippen LogP contribution in [-0.2, 0) is 9.84 Å². The molecule has 2 aliphatic rings. The number of sulfone groups is 1. The van der Waals surface area contributed by atoms with Crippen molar-refractivity contribution in [3.63, 3.8) is 0 Å². The zero-order valence-corrected chi connectivity index (χ0v) is 30.1. The summed E-state index contributed by atoms with van der Waals surface area (Å²) < 4.78 is 24.6. The van der Waals surface area contributed by atoms with Crippen molar-refractivity contribution >= 4 is 38.5 Å². The summed E-state index contributed by atoms with van der Waals surface area (Å²) in [7, 11) is -3.16. The van der Waals surface area contributed by atoms with Gasteiger partial charge in [-0.15, -0.1) is 0 Å². The molecule has 2 aromatic carbocycles. The Morgan fingerprint density at radius 1 is 0.783 bits per heavy atom. The molecule has 0 bridgehead atoms. The van der Waals surface area contributed by atoms with Crippen LogP contribution in [0, 0.1) is 11.8 Å². The maximum absolute atomic E-state index is 12.3. The average molecular weight is 653 g/mol. The summed E-state index contributed by atoms with van der Waals surface area (Å²) in [6.45, 7) is 13.8. The summed E-state index contributed by atoms with van der Waals surface area (Å²) in [5, 5.41) is 12.0. The third-order valence-electron chi connectivity index (χ3n) is 8.69. The van der Waals surface area contributed by atoms with Crippen LogP contribution in [0.25, 0.3) is 10.8 Å². The van der Waals surface area contributed by atoms with Crippen LogP contribution in [0.1, 0.15) is 119 Å². The molecular formula is C37H60N6O2S. The predicted molar refractivity (Wildman–Crippen MR) is 196 cm³/mol. The SMILES string of the molecule is CCC.CCC1CCC(CNc2nc(NC(C)C)nc(NC3CCC3)n2)CC1.CCCCCS(=O)(=O)c1cccc2ccccc12. The summed E-state index contributed by atoms with van der Waals surface area (Å²) >= 11 is 0. The van der Waals surface area contributed by atoms with Gasteiger partial charge in [0.2, 0.25) is 17.8 Å². The molecule has 2 saturated carbocycles. The van der Waals surface area contributed by atoms with Gasteiger partial charge in [-0.1, -0.05) is 103 Å². The highest BCUT2D eigenvalue weighted by Gasteiger charge is 2.22. The summed E-state index contributed by atoms with van der Waals surface area (Å²) in [5.74, 6) is 3.97. The minimum absolute atomic E-state index is 0.245. The molecule has 1 aromatic heterocycles. The van der Waals surface area contributed by atoms with Crippen molar-refractivity contribution < 1.29 is 8.42 Å². The van der Waals surface area contributed by atoms with Crippen molar-refractivity contribution in [3.8, 4) is 0 Å². The first-order valence-corrected chi connectivity index (χ1v) is 19.6. The number of hydrogen-bond acceptors (Lipinski definition) is 8. The fourth-order valence-electron chi connectivity index (χ4n) is 5.78. The van der Waals surface area contributed by atoms with E-state index < -0.39 is 9.84 Å². The number of nitrogens with one attached hydrogen (secondary N) is 3. The Morgan fingerprint density at radius 2 is 1.41 bits per heavy atom. The van der Waals surface area contributed by atoms with Crippen molar-refractivity contribution in [2.45, 2.75) is 136 Å². The van der Waals surface area contributed by atoms with Gasteiger partial charge < -0.3 is 16.0 Å². The summed E-state index contributed by atoms with van der Waals surface area (Å²) in [5.41, 5.74) is 0. The zero-order chi connectivity index (χ0) is 33.4. The second kappa shape index (κ2) is 19.7. The summed E-state index contributed by atoms with van der Waals surface area (Å²) in [6, 6.07) is 13.9. The van der Waals surface area contributed by atoms with Gasteiger partial charge in [0.05, 0.1) is 10.6 Å². The minimum atomic E-state index is -3.16. The fourth-order valence-corrected chi connectivity index (χ4v) is 7.39. The van der Waals surface area contributed by atoms with E-state index in [1.54, 1.807) is 6.07 Å². The van der Waals surface area contributed by atoms with Gasteiger partial charge >= 0.3 is 0 Å². The van der Waals surface area contributed by atoms with E-state index in [1.165, 1.54) is 57.8 Å². The molecule has 9 heteroatoms. The van der Waals surface area contributed by atoms with Crippen molar-refractivity contribution in [3.05, 3.63) is 42.5 Å². The van der Waals surface area contributed by atoms with E-state index in [2.05, 4.69) is 72.4 Å². The van der Waals surface area contributed by atoms with Crippen LogP contribution in [0.3, 0.4) is 0 Å². The fraction of sp³-hybridized carbons (Fsp3) is 0.649. The van der Waals surface area contributed by atoms with Crippen LogP contribution < -0.4 is 16.0 Å². The number of hydrogen-bond donors (Lipinski definition) is 3. The largest absolute Gasteiger partial charge is 0.354 e. The number of benzene rings is 2. The van der Waals surface area contributed by atoms with E-state index >= 15 is 0 Å². The predicted octanol–water partition coefficient (Wildman–Crippen LogP) is 9.50. The standard InChI is InChI=1S/C19H34N6.C15H18O2S.C3H8/c1-4-14-8-10-15(11-9-14)12-20-17-23-18(21-13(2)3)25-19(24-17)22-16-6-5-7-16;1-2-3-6-12-18(16,17)15-11-7-9-13-8-4-5-10-14(13)15;1-3-2/h13-16H,4-12H2,1-3H3,(H3,20,21,22,23,24,25);4-5,7-11H,2-3,6,12H2,1H3;3H2,1-2H3. The van der Waals surface area contributed by atoms with E-state index in [0.29, 0.717) is 34.8 Å². The molecule has 2 aliphatic carbocycles. The quantitative estimate of drug-likeness (QED) is 0.157.